The minimum absolute atomic E-state index is 0.284. The first kappa shape index (κ1) is 17.5. The third-order valence-corrected chi connectivity index (χ3v) is 3.47. The molecule has 0 radical (unpaired) electrons. The molecule has 0 aliphatic rings. The Morgan fingerprint density at radius 2 is 1.75 bits per heavy atom. The summed E-state index contributed by atoms with van der Waals surface area (Å²) in [5, 5.41) is 13.7. The number of carbonyl (C=O) groups is 2. The second kappa shape index (κ2) is 8.72. The third kappa shape index (κ3) is 5.12. The Labute approximate surface area is 141 Å². The largest absolute Gasteiger partial charge is 0.550 e. The Hall–Kier alpha value is -2.82. The molecule has 0 fully saturated rings. The summed E-state index contributed by atoms with van der Waals surface area (Å²) in [6, 6.07) is 15.1. The lowest BCUT2D eigenvalue weighted by atomic mass is 10.0. The lowest BCUT2D eigenvalue weighted by Gasteiger charge is -2.20. The van der Waals surface area contributed by atoms with Crippen LogP contribution in [-0.4, -0.2) is 18.5 Å². The first-order valence-corrected chi connectivity index (χ1v) is 7.88. The van der Waals surface area contributed by atoms with Crippen molar-refractivity contribution in [2.75, 3.05) is 6.61 Å². The van der Waals surface area contributed by atoms with E-state index in [0.29, 0.717) is 17.9 Å². The highest BCUT2D eigenvalue weighted by molar-refractivity contribution is 5.94. The van der Waals surface area contributed by atoms with E-state index in [0.717, 1.165) is 12.0 Å². The number of nitrogens with one attached hydrogen (secondary N) is 1. The Bertz CT molecular complexity index is 668. The van der Waals surface area contributed by atoms with E-state index in [-0.39, 0.29) is 12.3 Å². The monoisotopic (exact) mass is 326 g/mol. The first-order valence-electron chi connectivity index (χ1n) is 7.88. The molecule has 5 nitrogen and oxygen atoms in total. The number of rotatable bonds is 8. The molecule has 126 valence electrons. The van der Waals surface area contributed by atoms with Gasteiger partial charge in [-0.1, -0.05) is 37.3 Å². The van der Waals surface area contributed by atoms with Crippen LogP contribution in [0.4, 0.5) is 0 Å². The zero-order valence-electron chi connectivity index (χ0n) is 13.5. The minimum Gasteiger partial charge on any atom is -0.550 e. The quantitative estimate of drug-likeness (QED) is 0.805. The van der Waals surface area contributed by atoms with E-state index in [1.54, 1.807) is 48.5 Å². The normalized spacial score (nSPS) is 11.5. The number of aliphatic carboxylic acids is 1. The van der Waals surface area contributed by atoms with E-state index in [9.17, 15) is 14.7 Å². The van der Waals surface area contributed by atoms with Gasteiger partial charge in [-0.25, -0.2) is 0 Å². The Morgan fingerprint density at radius 3 is 2.33 bits per heavy atom. The smallest absolute Gasteiger partial charge is 0.251 e. The van der Waals surface area contributed by atoms with Crippen molar-refractivity contribution in [3.8, 4) is 5.75 Å². The SMILES string of the molecule is CCCOc1ccc(C(=O)N[C@H](CC(=O)[O-])c2ccccc2)cc1. The average Bonchev–Trinajstić information content (AvgIpc) is 2.60. The Kier molecular flexibility index (Phi) is 6.37. The van der Waals surface area contributed by atoms with E-state index in [1.807, 2.05) is 13.0 Å². The summed E-state index contributed by atoms with van der Waals surface area (Å²) in [5.74, 6) is -0.859. The van der Waals surface area contributed by atoms with Crippen molar-refractivity contribution in [1.82, 2.24) is 5.32 Å². The second-order valence-corrected chi connectivity index (χ2v) is 5.39. The zero-order chi connectivity index (χ0) is 17.4. The van der Waals surface area contributed by atoms with Crippen molar-refractivity contribution < 1.29 is 19.4 Å². The third-order valence-electron chi connectivity index (χ3n) is 3.47. The van der Waals surface area contributed by atoms with Gasteiger partial charge in [0.25, 0.3) is 5.91 Å². The highest BCUT2D eigenvalue weighted by Crippen LogP contribution is 2.18. The molecule has 1 atom stereocenters. The molecule has 0 unspecified atom stereocenters. The summed E-state index contributed by atoms with van der Waals surface area (Å²) in [5.41, 5.74) is 1.16. The van der Waals surface area contributed by atoms with E-state index in [1.165, 1.54) is 0 Å². The fourth-order valence-corrected chi connectivity index (χ4v) is 2.27. The summed E-state index contributed by atoms with van der Waals surface area (Å²) in [6.45, 7) is 2.64. The van der Waals surface area contributed by atoms with Gasteiger partial charge in [0.05, 0.1) is 12.6 Å². The molecule has 0 aromatic heterocycles. The minimum atomic E-state index is -1.22. The van der Waals surface area contributed by atoms with E-state index in [2.05, 4.69) is 5.32 Å². The molecule has 2 aromatic carbocycles. The van der Waals surface area contributed by atoms with Crippen LogP contribution in [0.1, 0.15) is 41.7 Å². The van der Waals surface area contributed by atoms with Crippen molar-refractivity contribution in [2.45, 2.75) is 25.8 Å². The molecule has 5 heteroatoms. The van der Waals surface area contributed by atoms with Crippen molar-refractivity contribution in [1.29, 1.82) is 0 Å². The molecule has 2 aromatic rings. The van der Waals surface area contributed by atoms with Crippen LogP contribution < -0.4 is 15.2 Å². The summed E-state index contributed by atoms with van der Waals surface area (Å²) >= 11 is 0. The molecule has 0 heterocycles. The first-order chi connectivity index (χ1) is 11.6. The van der Waals surface area contributed by atoms with Crippen LogP contribution in [0.15, 0.2) is 54.6 Å². The molecule has 0 saturated carbocycles. The topological polar surface area (TPSA) is 78.5 Å². The summed E-state index contributed by atoms with van der Waals surface area (Å²) in [4.78, 5) is 23.3. The van der Waals surface area contributed by atoms with Gasteiger partial charge in [-0.3, -0.25) is 4.79 Å². The highest BCUT2D eigenvalue weighted by Gasteiger charge is 2.16. The van der Waals surface area contributed by atoms with Gasteiger partial charge < -0.3 is 20.0 Å². The molecule has 24 heavy (non-hydrogen) atoms. The van der Waals surface area contributed by atoms with Gasteiger partial charge in [-0.15, -0.1) is 0 Å². The number of benzene rings is 2. The molecular weight excluding hydrogens is 306 g/mol. The number of carboxylic acid groups (broad SMARTS) is 1. The fourth-order valence-electron chi connectivity index (χ4n) is 2.27. The summed E-state index contributed by atoms with van der Waals surface area (Å²) < 4.78 is 5.48. The predicted molar refractivity (Wildman–Crippen MR) is 88.5 cm³/mol. The number of ether oxygens (including phenoxy) is 1. The van der Waals surface area contributed by atoms with Gasteiger partial charge in [0.1, 0.15) is 5.75 Å². The number of amides is 1. The summed E-state index contributed by atoms with van der Waals surface area (Å²) in [7, 11) is 0. The van der Waals surface area contributed by atoms with Crippen molar-refractivity contribution in [3.05, 3.63) is 65.7 Å². The molecule has 0 spiro atoms. The maximum Gasteiger partial charge on any atom is 0.251 e. The number of carboxylic acids is 1. The van der Waals surface area contributed by atoms with Crippen LogP contribution in [0.2, 0.25) is 0 Å². The van der Waals surface area contributed by atoms with Crippen LogP contribution in [0.3, 0.4) is 0 Å². The van der Waals surface area contributed by atoms with Crippen molar-refractivity contribution >= 4 is 11.9 Å². The van der Waals surface area contributed by atoms with E-state index >= 15 is 0 Å². The number of hydrogen-bond donors (Lipinski definition) is 1. The average molecular weight is 326 g/mol. The van der Waals surface area contributed by atoms with Crippen LogP contribution in [0, 0.1) is 0 Å². The molecule has 2 rings (SSSR count). The lowest BCUT2D eigenvalue weighted by Crippen LogP contribution is -2.34. The van der Waals surface area contributed by atoms with Crippen LogP contribution in [0.5, 0.6) is 5.75 Å². The van der Waals surface area contributed by atoms with Crippen LogP contribution in [-0.2, 0) is 4.79 Å². The van der Waals surface area contributed by atoms with Gasteiger partial charge in [-0.05, 0) is 36.2 Å². The maximum absolute atomic E-state index is 12.4. The maximum atomic E-state index is 12.4. The number of carbonyl (C=O) groups excluding carboxylic acids is 2. The predicted octanol–water partition coefficient (Wildman–Crippen LogP) is 2.09. The molecule has 1 N–H and O–H groups in total. The standard InChI is InChI=1S/C19H21NO4/c1-2-12-24-16-10-8-15(9-11-16)19(23)20-17(13-18(21)22)14-6-4-3-5-7-14/h3-11,17H,2,12-13H2,1H3,(H,20,23)(H,21,22)/p-1/t17-/m1/s1. The fraction of sp³-hybridized carbons (Fsp3) is 0.263. The zero-order valence-corrected chi connectivity index (χ0v) is 13.5. The van der Waals surface area contributed by atoms with Crippen LogP contribution in [0.25, 0.3) is 0 Å². The van der Waals surface area contributed by atoms with Crippen molar-refractivity contribution in [3.63, 3.8) is 0 Å². The van der Waals surface area contributed by atoms with Gasteiger partial charge >= 0.3 is 0 Å². The molecule has 0 aliphatic heterocycles. The highest BCUT2D eigenvalue weighted by atomic mass is 16.5. The Balaban J connectivity index is 2.08. The Morgan fingerprint density at radius 1 is 1.08 bits per heavy atom. The molecular formula is C19H20NO4-. The van der Waals surface area contributed by atoms with Crippen molar-refractivity contribution in [2.24, 2.45) is 0 Å². The molecule has 0 aliphatic carbocycles. The molecule has 0 bridgehead atoms. The van der Waals surface area contributed by atoms with Gasteiger partial charge in [0.15, 0.2) is 0 Å². The molecule has 1 amide bonds. The molecule has 0 saturated heterocycles. The number of hydrogen-bond acceptors (Lipinski definition) is 4. The van der Waals surface area contributed by atoms with Crippen LogP contribution >= 0.6 is 0 Å². The summed E-state index contributed by atoms with van der Waals surface area (Å²) in [6.07, 6.45) is 0.623. The van der Waals surface area contributed by atoms with Gasteiger partial charge in [-0.2, -0.15) is 0 Å². The van der Waals surface area contributed by atoms with Gasteiger partial charge in [0.2, 0.25) is 0 Å². The lowest BCUT2D eigenvalue weighted by molar-refractivity contribution is -0.306. The van der Waals surface area contributed by atoms with Gasteiger partial charge in [0, 0.05) is 18.0 Å². The van der Waals surface area contributed by atoms with E-state index in [4.69, 9.17) is 4.74 Å². The van der Waals surface area contributed by atoms with E-state index < -0.39 is 12.0 Å². The second-order valence-electron chi connectivity index (χ2n) is 5.39.